The van der Waals surface area contributed by atoms with Gasteiger partial charge < -0.3 is 19.7 Å². The molecule has 170 valence electrons. The van der Waals surface area contributed by atoms with Gasteiger partial charge in [0, 0.05) is 23.7 Å². The van der Waals surface area contributed by atoms with E-state index in [-0.39, 0.29) is 18.2 Å². The van der Waals surface area contributed by atoms with E-state index in [0.717, 1.165) is 16.7 Å². The third-order valence-electron chi connectivity index (χ3n) is 5.78. The number of benzene rings is 3. The Labute approximate surface area is 198 Å². The van der Waals surface area contributed by atoms with Crippen LogP contribution in [-0.4, -0.2) is 30.9 Å². The van der Waals surface area contributed by atoms with Crippen LogP contribution < -0.4 is 14.8 Å². The lowest BCUT2D eigenvalue weighted by molar-refractivity contribution is -0.122. The predicted octanol–water partition coefficient (Wildman–Crippen LogP) is 4.76. The Balaban J connectivity index is 1.59. The van der Waals surface area contributed by atoms with Gasteiger partial charge in [0.2, 0.25) is 5.91 Å². The van der Waals surface area contributed by atoms with Gasteiger partial charge in [0.15, 0.2) is 11.5 Å². The minimum absolute atomic E-state index is 0.0898. The Morgan fingerprint density at radius 2 is 1.82 bits per heavy atom. The highest BCUT2D eigenvalue weighted by molar-refractivity contribution is 6.30. The Morgan fingerprint density at radius 3 is 2.55 bits per heavy atom. The molecule has 1 aliphatic rings. The molecule has 33 heavy (non-hydrogen) atoms. The van der Waals surface area contributed by atoms with Crippen LogP contribution in [0.25, 0.3) is 0 Å². The van der Waals surface area contributed by atoms with Crippen molar-refractivity contribution in [2.75, 3.05) is 14.2 Å². The summed E-state index contributed by atoms with van der Waals surface area (Å²) in [7, 11) is 3.13. The van der Waals surface area contributed by atoms with E-state index in [1.807, 2.05) is 54.6 Å². The fourth-order valence-electron chi connectivity index (χ4n) is 4.09. The average molecular weight is 465 g/mol. The first kappa shape index (κ1) is 22.7. The number of ether oxygens (including phenoxy) is 2. The summed E-state index contributed by atoms with van der Waals surface area (Å²) < 4.78 is 10.8. The highest BCUT2D eigenvalue weighted by Gasteiger charge is 2.34. The van der Waals surface area contributed by atoms with Crippen molar-refractivity contribution in [3.63, 3.8) is 0 Å². The standard InChI is InChI=1S/C26H25ClN2O4/c1-32-23-11-10-18(13-24(23)33-2)22(29-16-19-7-3-4-9-21(19)26(29)31)14-25(30)28-15-17-6-5-8-20(27)12-17/h3-13,22H,14-16H2,1-2H3,(H,28,30)/t22-/m0/s1. The predicted molar refractivity (Wildman–Crippen MR) is 127 cm³/mol. The van der Waals surface area contributed by atoms with Crippen LogP contribution >= 0.6 is 11.6 Å². The molecule has 0 fully saturated rings. The molecule has 0 spiro atoms. The summed E-state index contributed by atoms with van der Waals surface area (Å²) in [6.45, 7) is 0.793. The van der Waals surface area contributed by atoms with Gasteiger partial charge in [-0.25, -0.2) is 0 Å². The van der Waals surface area contributed by atoms with Crippen LogP contribution in [0.3, 0.4) is 0 Å². The number of amides is 2. The largest absolute Gasteiger partial charge is 0.493 e. The molecule has 3 aromatic rings. The summed E-state index contributed by atoms with van der Waals surface area (Å²) in [5.74, 6) is 0.872. The first-order chi connectivity index (χ1) is 16.0. The topological polar surface area (TPSA) is 67.9 Å². The lowest BCUT2D eigenvalue weighted by Gasteiger charge is -2.28. The molecule has 2 amide bonds. The average Bonchev–Trinajstić information content (AvgIpc) is 3.17. The van der Waals surface area contributed by atoms with E-state index in [4.69, 9.17) is 21.1 Å². The molecule has 0 unspecified atom stereocenters. The van der Waals surface area contributed by atoms with Crippen LogP contribution in [0.1, 0.15) is 39.5 Å². The number of nitrogens with zero attached hydrogens (tertiary/aromatic N) is 1. The molecule has 1 atom stereocenters. The molecule has 7 heteroatoms. The van der Waals surface area contributed by atoms with Crippen molar-refractivity contribution in [1.29, 1.82) is 0 Å². The second-order valence-electron chi connectivity index (χ2n) is 7.83. The fraction of sp³-hybridized carbons (Fsp3) is 0.231. The van der Waals surface area contributed by atoms with Crippen molar-refractivity contribution < 1.29 is 19.1 Å². The van der Waals surface area contributed by atoms with E-state index in [0.29, 0.717) is 35.2 Å². The fourth-order valence-corrected chi connectivity index (χ4v) is 4.30. The minimum Gasteiger partial charge on any atom is -0.493 e. The summed E-state index contributed by atoms with van der Waals surface area (Å²) in [6.07, 6.45) is 0.107. The van der Waals surface area contributed by atoms with Crippen LogP contribution in [0, 0.1) is 0 Å². The monoisotopic (exact) mass is 464 g/mol. The van der Waals surface area contributed by atoms with E-state index in [2.05, 4.69) is 5.32 Å². The van der Waals surface area contributed by atoms with Crippen molar-refractivity contribution in [2.24, 2.45) is 0 Å². The highest BCUT2D eigenvalue weighted by Crippen LogP contribution is 2.37. The Kier molecular flexibility index (Phi) is 6.84. The maximum atomic E-state index is 13.2. The molecule has 0 saturated heterocycles. The molecule has 0 radical (unpaired) electrons. The van der Waals surface area contributed by atoms with Gasteiger partial charge in [0.25, 0.3) is 5.91 Å². The van der Waals surface area contributed by atoms with Gasteiger partial charge in [0.1, 0.15) is 0 Å². The molecule has 0 aliphatic carbocycles. The number of hydrogen-bond donors (Lipinski definition) is 1. The molecule has 4 rings (SSSR count). The van der Waals surface area contributed by atoms with Crippen LogP contribution in [0.15, 0.2) is 66.7 Å². The zero-order valence-electron chi connectivity index (χ0n) is 18.5. The van der Waals surface area contributed by atoms with E-state index in [1.54, 1.807) is 31.3 Å². The summed E-state index contributed by atoms with van der Waals surface area (Å²) in [5, 5.41) is 3.56. The number of carbonyl (C=O) groups excluding carboxylic acids is 2. The van der Waals surface area contributed by atoms with Gasteiger partial charge in [-0.05, 0) is 47.0 Å². The SMILES string of the molecule is COc1ccc([C@H](CC(=O)NCc2cccc(Cl)c2)N2Cc3ccccc3C2=O)cc1OC. The number of halogens is 1. The summed E-state index contributed by atoms with van der Waals surface area (Å²) in [4.78, 5) is 27.9. The quantitative estimate of drug-likeness (QED) is 0.522. The maximum Gasteiger partial charge on any atom is 0.255 e. The Hall–Kier alpha value is -3.51. The van der Waals surface area contributed by atoms with Crippen LogP contribution in [0.4, 0.5) is 0 Å². The van der Waals surface area contributed by atoms with Crippen molar-refractivity contribution in [3.8, 4) is 11.5 Å². The van der Waals surface area contributed by atoms with E-state index >= 15 is 0 Å². The number of rotatable bonds is 8. The summed E-state index contributed by atoms with van der Waals surface area (Å²) in [5.41, 5.74) is 3.32. The van der Waals surface area contributed by atoms with Crippen molar-refractivity contribution in [1.82, 2.24) is 10.2 Å². The third-order valence-corrected chi connectivity index (χ3v) is 6.01. The Bertz CT molecular complexity index is 1180. The molecule has 0 bridgehead atoms. The molecule has 0 aromatic heterocycles. The van der Waals surface area contributed by atoms with Crippen LogP contribution in [-0.2, 0) is 17.9 Å². The third kappa shape index (κ3) is 4.96. The van der Waals surface area contributed by atoms with Crippen molar-refractivity contribution >= 4 is 23.4 Å². The molecular formula is C26H25ClN2O4. The van der Waals surface area contributed by atoms with Gasteiger partial charge in [-0.15, -0.1) is 0 Å². The number of hydrogen-bond acceptors (Lipinski definition) is 4. The van der Waals surface area contributed by atoms with Crippen LogP contribution in [0.2, 0.25) is 5.02 Å². The highest BCUT2D eigenvalue weighted by atomic mass is 35.5. The molecular weight excluding hydrogens is 440 g/mol. The molecule has 3 aromatic carbocycles. The number of methoxy groups -OCH3 is 2. The zero-order valence-corrected chi connectivity index (χ0v) is 19.3. The maximum absolute atomic E-state index is 13.2. The lowest BCUT2D eigenvalue weighted by Crippen LogP contribution is -2.34. The van der Waals surface area contributed by atoms with Gasteiger partial charge in [0.05, 0.1) is 26.7 Å². The van der Waals surface area contributed by atoms with E-state index < -0.39 is 6.04 Å². The second kappa shape index (κ2) is 9.96. The van der Waals surface area contributed by atoms with Gasteiger partial charge in [-0.2, -0.15) is 0 Å². The molecule has 1 heterocycles. The van der Waals surface area contributed by atoms with E-state index in [1.165, 1.54) is 0 Å². The van der Waals surface area contributed by atoms with Gasteiger partial charge in [-0.3, -0.25) is 9.59 Å². The summed E-state index contributed by atoms with van der Waals surface area (Å²) >= 11 is 6.05. The first-order valence-corrected chi connectivity index (χ1v) is 11.0. The first-order valence-electron chi connectivity index (χ1n) is 10.6. The number of fused-ring (bicyclic) bond motifs is 1. The van der Waals surface area contributed by atoms with E-state index in [9.17, 15) is 9.59 Å². The number of nitrogens with one attached hydrogen (secondary N) is 1. The molecule has 1 N–H and O–H groups in total. The molecule has 1 aliphatic heterocycles. The lowest BCUT2D eigenvalue weighted by atomic mass is 10.0. The van der Waals surface area contributed by atoms with Crippen molar-refractivity contribution in [3.05, 3.63) is 94.0 Å². The smallest absolute Gasteiger partial charge is 0.255 e. The second-order valence-corrected chi connectivity index (χ2v) is 8.27. The van der Waals surface area contributed by atoms with Gasteiger partial charge >= 0.3 is 0 Å². The zero-order chi connectivity index (χ0) is 23.4. The summed E-state index contributed by atoms with van der Waals surface area (Å²) in [6, 6.07) is 19.9. The Morgan fingerprint density at radius 1 is 1.03 bits per heavy atom. The van der Waals surface area contributed by atoms with Crippen LogP contribution in [0.5, 0.6) is 11.5 Å². The number of carbonyl (C=O) groups is 2. The molecule has 6 nitrogen and oxygen atoms in total. The minimum atomic E-state index is -0.468. The normalized spacial score (nSPS) is 13.4. The molecule has 0 saturated carbocycles. The van der Waals surface area contributed by atoms with Crippen molar-refractivity contribution in [2.45, 2.75) is 25.6 Å². The van der Waals surface area contributed by atoms with Gasteiger partial charge in [-0.1, -0.05) is 48.0 Å².